The van der Waals surface area contributed by atoms with Crippen molar-refractivity contribution in [2.75, 3.05) is 31.2 Å². The number of anilines is 1. The zero-order chi connectivity index (χ0) is 22.9. The molecule has 2 heterocycles. The average Bonchev–Trinajstić information content (AvgIpc) is 2.79. The summed E-state index contributed by atoms with van der Waals surface area (Å²) in [5, 5.41) is 0.436. The molecule has 3 aromatic rings. The molecule has 0 bridgehead atoms. The Morgan fingerprint density at radius 1 is 1.12 bits per heavy atom. The maximum atomic E-state index is 15.1. The second-order valence-electron chi connectivity index (χ2n) is 7.75. The molecule has 0 amide bonds. The van der Waals surface area contributed by atoms with E-state index >= 15 is 4.39 Å². The number of ether oxygens (including phenoxy) is 1. The van der Waals surface area contributed by atoms with Gasteiger partial charge in [-0.3, -0.25) is 4.79 Å². The smallest absolute Gasteiger partial charge is 0.211 e. The second-order valence-corrected chi connectivity index (χ2v) is 10.1. The largest absolute Gasteiger partial charge is 0.378 e. The zero-order valence-electron chi connectivity index (χ0n) is 17.7. The van der Waals surface area contributed by atoms with E-state index in [4.69, 9.17) is 16.3 Å². The predicted octanol–water partition coefficient (Wildman–Crippen LogP) is 4.26. The van der Waals surface area contributed by atoms with Gasteiger partial charge in [0, 0.05) is 30.9 Å². The molecule has 1 saturated heterocycles. The highest BCUT2D eigenvalue weighted by atomic mass is 35.5. The van der Waals surface area contributed by atoms with Crippen molar-refractivity contribution in [3.05, 3.63) is 63.7 Å². The lowest BCUT2D eigenvalue weighted by Crippen LogP contribution is -2.36. The lowest BCUT2D eigenvalue weighted by Gasteiger charge is -2.29. The molecule has 4 rings (SSSR count). The Labute approximate surface area is 191 Å². The molecule has 32 heavy (non-hydrogen) atoms. The lowest BCUT2D eigenvalue weighted by atomic mass is 10.1. The van der Waals surface area contributed by atoms with Gasteiger partial charge < -0.3 is 14.2 Å². The first-order valence-corrected chi connectivity index (χ1v) is 12.4. The van der Waals surface area contributed by atoms with Crippen molar-refractivity contribution in [2.45, 2.75) is 36.1 Å². The summed E-state index contributed by atoms with van der Waals surface area (Å²) in [4.78, 5) is 14.7. The minimum absolute atomic E-state index is 0.0363. The third kappa shape index (κ3) is 4.27. The molecule has 0 spiro atoms. The predicted molar refractivity (Wildman–Crippen MR) is 123 cm³/mol. The molecule has 0 aliphatic carbocycles. The number of hydrogen-bond acceptors (Lipinski definition) is 5. The number of fused-ring (bicyclic) bond motifs is 1. The van der Waals surface area contributed by atoms with Crippen LogP contribution in [0.5, 0.6) is 0 Å². The van der Waals surface area contributed by atoms with Gasteiger partial charge in [-0.1, -0.05) is 24.9 Å². The number of pyridine rings is 1. The number of aromatic nitrogens is 1. The van der Waals surface area contributed by atoms with Crippen LogP contribution in [0.15, 0.2) is 57.2 Å². The Morgan fingerprint density at radius 3 is 2.47 bits per heavy atom. The van der Waals surface area contributed by atoms with E-state index in [2.05, 4.69) is 0 Å². The van der Waals surface area contributed by atoms with E-state index in [0.717, 1.165) is 18.9 Å². The van der Waals surface area contributed by atoms with Crippen molar-refractivity contribution in [2.24, 2.45) is 0 Å². The number of nitrogens with zero attached hydrogens (tertiary/aromatic N) is 2. The molecular formula is C23H24ClFN2O4S. The Bertz CT molecular complexity index is 1300. The van der Waals surface area contributed by atoms with Gasteiger partial charge in [0.1, 0.15) is 10.7 Å². The van der Waals surface area contributed by atoms with Gasteiger partial charge in [0.25, 0.3) is 0 Å². The Balaban J connectivity index is 1.93. The monoisotopic (exact) mass is 478 g/mol. The molecule has 9 heteroatoms. The standard InChI is InChI=1S/C23H24ClFN2O4S/c1-2-3-8-27-15-22(32(29,30)17-6-4-16(24)5-7-17)23(28)18-13-19(25)21(14-20(18)27)26-9-11-31-12-10-26/h4-7,13-15H,2-3,8-12H2,1H3. The summed E-state index contributed by atoms with van der Waals surface area (Å²) in [5.41, 5.74) is 0.190. The van der Waals surface area contributed by atoms with E-state index in [9.17, 15) is 13.2 Å². The van der Waals surface area contributed by atoms with Gasteiger partial charge >= 0.3 is 0 Å². The minimum Gasteiger partial charge on any atom is -0.378 e. The van der Waals surface area contributed by atoms with Crippen LogP contribution in [-0.4, -0.2) is 39.3 Å². The van der Waals surface area contributed by atoms with Crippen molar-refractivity contribution >= 4 is 38.0 Å². The van der Waals surface area contributed by atoms with Gasteiger partial charge in [0.15, 0.2) is 0 Å². The molecular weight excluding hydrogens is 455 g/mol. The van der Waals surface area contributed by atoms with E-state index in [1.54, 1.807) is 10.6 Å². The average molecular weight is 479 g/mol. The first-order chi connectivity index (χ1) is 15.3. The van der Waals surface area contributed by atoms with E-state index in [1.165, 1.54) is 30.5 Å². The molecule has 0 N–H and O–H groups in total. The first-order valence-electron chi connectivity index (χ1n) is 10.5. The Kier molecular flexibility index (Phi) is 6.55. The summed E-state index contributed by atoms with van der Waals surface area (Å²) >= 11 is 5.88. The van der Waals surface area contributed by atoms with Gasteiger partial charge in [-0.2, -0.15) is 0 Å². The SMILES string of the molecule is CCCCn1cc(S(=O)(=O)c2ccc(Cl)cc2)c(=O)c2cc(F)c(N3CCOCC3)cc21. The maximum absolute atomic E-state index is 15.1. The number of benzene rings is 2. The number of unbranched alkanes of at least 4 members (excludes halogenated alkanes) is 1. The molecule has 1 aliphatic rings. The lowest BCUT2D eigenvalue weighted by molar-refractivity contribution is 0.122. The molecule has 0 atom stereocenters. The van der Waals surface area contributed by atoms with Crippen molar-refractivity contribution in [1.82, 2.24) is 4.57 Å². The molecule has 0 saturated carbocycles. The van der Waals surface area contributed by atoms with Crippen LogP contribution < -0.4 is 10.3 Å². The third-order valence-electron chi connectivity index (χ3n) is 5.63. The van der Waals surface area contributed by atoms with Crippen LogP contribution in [0.1, 0.15) is 19.8 Å². The van der Waals surface area contributed by atoms with Crippen LogP contribution in [0.3, 0.4) is 0 Å². The number of sulfone groups is 1. The van der Waals surface area contributed by atoms with Crippen molar-refractivity contribution < 1.29 is 17.5 Å². The highest BCUT2D eigenvalue weighted by molar-refractivity contribution is 7.91. The van der Waals surface area contributed by atoms with Gasteiger partial charge in [-0.25, -0.2) is 12.8 Å². The van der Waals surface area contributed by atoms with Crippen LogP contribution in [0.2, 0.25) is 5.02 Å². The Morgan fingerprint density at radius 2 is 1.81 bits per heavy atom. The summed E-state index contributed by atoms with van der Waals surface area (Å²) < 4.78 is 48.7. The quantitative estimate of drug-likeness (QED) is 0.529. The number of halogens is 2. The van der Waals surface area contributed by atoms with Crippen molar-refractivity contribution in [1.29, 1.82) is 0 Å². The zero-order valence-corrected chi connectivity index (χ0v) is 19.3. The van der Waals surface area contributed by atoms with Crippen molar-refractivity contribution in [3.8, 4) is 0 Å². The molecule has 6 nitrogen and oxygen atoms in total. The van der Waals surface area contributed by atoms with Crippen LogP contribution in [0.4, 0.5) is 10.1 Å². The van der Waals surface area contributed by atoms with Gasteiger partial charge in [-0.05, 0) is 42.8 Å². The first kappa shape index (κ1) is 22.8. The molecule has 1 fully saturated rings. The summed E-state index contributed by atoms with van der Waals surface area (Å²) in [5.74, 6) is -0.556. The third-order valence-corrected chi connectivity index (χ3v) is 7.65. The number of morpholine rings is 1. The van der Waals surface area contributed by atoms with Gasteiger partial charge in [0.2, 0.25) is 15.3 Å². The maximum Gasteiger partial charge on any atom is 0.211 e. The van der Waals surface area contributed by atoms with Crippen LogP contribution in [0.25, 0.3) is 10.9 Å². The summed E-state index contributed by atoms with van der Waals surface area (Å²) in [6.07, 6.45) is 3.04. The van der Waals surface area contributed by atoms with E-state index in [-0.39, 0.29) is 15.2 Å². The van der Waals surface area contributed by atoms with Crippen molar-refractivity contribution in [3.63, 3.8) is 0 Å². The fourth-order valence-corrected chi connectivity index (χ4v) is 5.36. The van der Waals surface area contributed by atoms with Crippen LogP contribution >= 0.6 is 11.6 Å². The summed E-state index contributed by atoms with van der Waals surface area (Å²) in [6.45, 7) is 4.62. The number of rotatable bonds is 6. The highest BCUT2D eigenvalue weighted by Gasteiger charge is 2.25. The summed E-state index contributed by atoms with van der Waals surface area (Å²) in [7, 11) is -4.11. The minimum atomic E-state index is -4.11. The molecule has 170 valence electrons. The summed E-state index contributed by atoms with van der Waals surface area (Å²) in [6, 6.07) is 8.44. The van der Waals surface area contributed by atoms with Gasteiger partial charge in [0.05, 0.1) is 34.7 Å². The number of hydrogen-bond donors (Lipinski definition) is 0. The molecule has 0 radical (unpaired) electrons. The van der Waals surface area contributed by atoms with E-state index in [0.29, 0.717) is 49.1 Å². The van der Waals surface area contributed by atoms with Crippen LogP contribution in [0, 0.1) is 5.82 Å². The molecule has 1 aliphatic heterocycles. The molecule has 1 aromatic heterocycles. The fourth-order valence-electron chi connectivity index (χ4n) is 3.86. The second kappa shape index (κ2) is 9.21. The molecule has 0 unspecified atom stereocenters. The number of aryl methyl sites for hydroxylation is 1. The van der Waals surface area contributed by atoms with Crippen LogP contribution in [-0.2, 0) is 21.1 Å². The van der Waals surface area contributed by atoms with E-state index in [1.807, 2.05) is 11.8 Å². The Hall–Kier alpha value is -2.42. The normalized spacial score (nSPS) is 14.8. The fraction of sp³-hybridized carbons (Fsp3) is 0.348. The van der Waals surface area contributed by atoms with E-state index < -0.39 is 21.1 Å². The molecule has 2 aromatic carbocycles. The topological polar surface area (TPSA) is 68.6 Å². The highest BCUT2D eigenvalue weighted by Crippen LogP contribution is 2.28. The van der Waals surface area contributed by atoms with Gasteiger partial charge in [-0.15, -0.1) is 0 Å².